The van der Waals surface area contributed by atoms with Crippen molar-refractivity contribution >= 4 is 11.9 Å². The zero-order valence-corrected chi connectivity index (χ0v) is 16.0. The molecule has 3 rings (SSSR count). The van der Waals surface area contributed by atoms with Gasteiger partial charge in [0.25, 0.3) is 5.91 Å². The first-order valence-electron chi connectivity index (χ1n) is 9.41. The highest BCUT2D eigenvalue weighted by Gasteiger charge is 2.28. The van der Waals surface area contributed by atoms with Crippen molar-refractivity contribution in [2.75, 3.05) is 6.61 Å². The molecule has 1 fully saturated rings. The number of carbonyl (C=O) groups excluding carboxylic acids is 2. The van der Waals surface area contributed by atoms with Crippen LogP contribution in [0.2, 0.25) is 0 Å². The van der Waals surface area contributed by atoms with E-state index in [1.54, 1.807) is 6.92 Å². The molecule has 0 saturated heterocycles. The second kappa shape index (κ2) is 8.33. The number of nitrogens with zero attached hydrogens (tertiary/aromatic N) is 3. The van der Waals surface area contributed by atoms with Crippen molar-refractivity contribution in [1.29, 1.82) is 0 Å². The van der Waals surface area contributed by atoms with E-state index >= 15 is 0 Å². The standard InChI is InChI=1S/C20H26N4O3/c1-13-8-7-11-17(14(13)2)21-18(25)12-27-20(26)19-15(3)22-24(23-19)16-9-5-4-6-10-16/h4-6,9-10,13-14,17H,7-8,11-12H2,1-3H3,(H,21,25)/t13-,14-,17+/m0/s1. The molecule has 144 valence electrons. The van der Waals surface area contributed by atoms with Gasteiger partial charge in [0.2, 0.25) is 0 Å². The van der Waals surface area contributed by atoms with Crippen LogP contribution in [0.4, 0.5) is 0 Å². The third-order valence-corrected chi connectivity index (χ3v) is 5.35. The fourth-order valence-electron chi connectivity index (χ4n) is 3.48. The number of ether oxygens (including phenoxy) is 1. The first-order chi connectivity index (χ1) is 13.0. The Kier molecular flexibility index (Phi) is 5.88. The topological polar surface area (TPSA) is 86.1 Å². The van der Waals surface area contributed by atoms with Gasteiger partial charge in [0, 0.05) is 6.04 Å². The van der Waals surface area contributed by atoms with Gasteiger partial charge in [-0.2, -0.15) is 9.90 Å². The minimum atomic E-state index is -0.644. The largest absolute Gasteiger partial charge is 0.451 e. The van der Waals surface area contributed by atoms with Gasteiger partial charge in [-0.05, 0) is 37.3 Å². The monoisotopic (exact) mass is 370 g/mol. The molecule has 0 aliphatic heterocycles. The van der Waals surface area contributed by atoms with Gasteiger partial charge in [0.1, 0.15) is 0 Å². The van der Waals surface area contributed by atoms with Gasteiger partial charge in [-0.3, -0.25) is 4.79 Å². The summed E-state index contributed by atoms with van der Waals surface area (Å²) in [4.78, 5) is 25.9. The first-order valence-corrected chi connectivity index (χ1v) is 9.41. The van der Waals surface area contributed by atoms with Gasteiger partial charge in [0.15, 0.2) is 12.3 Å². The molecule has 3 atom stereocenters. The predicted octanol–water partition coefficient (Wildman–Crippen LogP) is 2.67. The van der Waals surface area contributed by atoms with Crippen LogP contribution >= 0.6 is 0 Å². The molecule has 0 unspecified atom stereocenters. The van der Waals surface area contributed by atoms with E-state index in [0.29, 0.717) is 17.5 Å². The molecular weight excluding hydrogens is 344 g/mol. The normalized spacial score (nSPS) is 22.3. The third-order valence-electron chi connectivity index (χ3n) is 5.35. The lowest BCUT2D eigenvalue weighted by Crippen LogP contribution is -2.45. The van der Waals surface area contributed by atoms with E-state index in [-0.39, 0.29) is 24.2 Å². The summed E-state index contributed by atoms with van der Waals surface area (Å²) in [5.41, 5.74) is 1.32. The summed E-state index contributed by atoms with van der Waals surface area (Å²) >= 11 is 0. The van der Waals surface area contributed by atoms with E-state index in [9.17, 15) is 9.59 Å². The summed E-state index contributed by atoms with van der Waals surface area (Å²) in [6.45, 7) is 5.75. The van der Waals surface area contributed by atoms with Crippen molar-refractivity contribution < 1.29 is 14.3 Å². The number of amides is 1. The fraction of sp³-hybridized carbons (Fsp3) is 0.500. The minimum absolute atomic E-state index is 0.117. The van der Waals surface area contributed by atoms with Crippen molar-refractivity contribution in [3.05, 3.63) is 41.7 Å². The molecule has 1 saturated carbocycles. The SMILES string of the molecule is Cc1nn(-c2ccccc2)nc1C(=O)OCC(=O)N[C@@H]1CCC[C@H](C)[C@@H]1C. The molecule has 7 heteroatoms. The first kappa shape index (κ1) is 19.1. The van der Waals surface area contributed by atoms with Gasteiger partial charge in [-0.1, -0.05) is 44.9 Å². The summed E-state index contributed by atoms with van der Waals surface area (Å²) in [5.74, 6) is 0.0889. The number of esters is 1. The van der Waals surface area contributed by atoms with Crippen molar-refractivity contribution in [1.82, 2.24) is 20.3 Å². The molecule has 27 heavy (non-hydrogen) atoms. The molecule has 1 heterocycles. The van der Waals surface area contributed by atoms with Crippen LogP contribution in [0, 0.1) is 18.8 Å². The summed E-state index contributed by atoms with van der Waals surface area (Å²) in [6, 6.07) is 9.44. The summed E-state index contributed by atoms with van der Waals surface area (Å²) in [6.07, 6.45) is 3.27. The molecule has 1 N–H and O–H groups in total. The van der Waals surface area contributed by atoms with Crippen LogP contribution in [0.3, 0.4) is 0 Å². The number of aromatic nitrogens is 3. The van der Waals surface area contributed by atoms with Gasteiger partial charge < -0.3 is 10.1 Å². The fourth-order valence-corrected chi connectivity index (χ4v) is 3.48. The highest BCUT2D eigenvalue weighted by atomic mass is 16.5. The quantitative estimate of drug-likeness (QED) is 0.818. The van der Waals surface area contributed by atoms with E-state index < -0.39 is 5.97 Å². The molecule has 1 aliphatic carbocycles. The lowest BCUT2D eigenvalue weighted by atomic mass is 9.78. The van der Waals surface area contributed by atoms with Crippen LogP contribution in [0.25, 0.3) is 5.69 Å². The summed E-state index contributed by atoms with van der Waals surface area (Å²) in [7, 11) is 0. The van der Waals surface area contributed by atoms with Gasteiger partial charge in [-0.15, -0.1) is 5.10 Å². The van der Waals surface area contributed by atoms with Crippen LogP contribution in [0.1, 0.15) is 49.3 Å². The third kappa shape index (κ3) is 4.53. The Labute approximate surface area is 159 Å². The zero-order chi connectivity index (χ0) is 19.4. The van der Waals surface area contributed by atoms with E-state index in [2.05, 4.69) is 29.4 Å². The minimum Gasteiger partial charge on any atom is -0.451 e. The second-order valence-corrected chi connectivity index (χ2v) is 7.28. The number of hydrogen-bond donors (Lipinski definition) is 1. The highest BCUT2D eigenvalue weighted by molar-refractivity contribution is 5.90. The van der Waals surface area contributed by atoms with E-state index in [1.807, 2.05) is 30.3 Å². The average Bonchev–Trinajstić information content (AvgIpc) is 3.06. The van der Waals surface area contributed by atoms with Gasteiger partial charge >= 0.3 is 5.97 Å². The van der Waals surface area contributed by atoms with Crippen molar-refractivity contribution in [3.8, 4) is 5.69 Å². The number of benzene rings is 1. The number of para-hydroxylation sites is 1. The number of aryl methyl sites for hydroxylation is 1. The maximum atomic E-state index is 12.3. The summed E-state index contributed by atoms with van der Waals surface area (Å²) < 4.78 is 5.16. The predicted molar refractivity (Wildman–Crippen MR) is 100 cm³/mol. The van der Waals surface area contributed by atoms with Gasteiger partial charge in [0.05, 0.1) is 11.4 Å². The maximum absolute atomic E-state index is 12.3. The van der Waals surface area contributed by atoms with Crippen LogP contribution in [-0.4, -0.2) is 39.5 Å². The molecule has 0 spiro atoms. The molecule has 1 amide bonds. The molecule has 1 aromatic carbocycles. The Hall–Kier alpha value is -2.70. The molecule has 0 radical (unpaired) electrons. The molecule has 7 nitrogen and oxygen atoms in total. The Bertz CT molecular complexity index is 803. The highest BCUT2D eigenvalue weighted by Crippen LogP contribution is 2.29. The Morgan fingerprint density at radius 2 is 1.93 bits per heavy atom. The molecule has 1 aromatic heterocycles. The van der Waals surface area contributed by atoms with Gasteiger partial charge in [-0.25, -0.2) is 4.79 Å². The number of rotatable bonds is 5. The Morgan fingerprint density at radius 3 is 2.67 bits per heavy atom. The molecule has 0 bridgehead atoms. The molecular formula is C20H26N4O3. The zero-order valence-electron chi connectivity index (χ0n) is 16.0. The Morgan fingerprint density at radius 1 is 1.19 bits per heavy atom. The lowest BCUT2D eigenvalue weighted by Gasteiger charge is -2.34. The number of hydrogen-bond acceptors (Lipinski definition) is 5. The van der Waals surface area contributed by atoms with E-state index in [4.69, 9.17) is 4.74 Å². The van der Waals surface area contributed by atoms with Crippen LogP contribution in [0.15, 0.2) is 30.3 Å². The molecule has 1 aliphatic rings. The lowest BCUT2D eigenvalue weighted by molar-refractivity contribution is -0.125. The second-order valence-electron chi connectivity index (χ2n) is 7.28. The van der Waals surface area contributed by atoms with Crippen LogP contribution < -0.4 is 5.32 Å². The smallest absolute Gasteiger partial charge is 0.361 e. The van der Waals surface area contributed by atoms with Crippen molar-refractivity contribution in [2.24, 2.45) is 11.8 Å². The van der Waals surface area contributed by atoms with E-state index in [1.165, 1.54) is 11.2 Å². The van der Waals surface area contributed by atoms with E-state index in [0.717, 1.165) is 18.5 Å². The maximum Gasteiger partial charge on any atom is 0.361 e. The number of carbonyl (C=O) groups is 2. The average molecular weight is 370 g/mol. The number of nitrogens with one attached hydrogen (secondary N) is 1. The van der Waals surface area contributed by atoms with Crippen molar-refractivity contribution in [2.45, 2.75) is 46.1 Å². The van der Waals surface area contributed by atoms with Crippen molar-refractivity contribution in [3.63, 3.8) is 0 Å². The molecule has 2 aromatic rings. The van der Waals surface area contributed by atoms with Crippen LogP contribution in [-0.2, 0) is 9.53 Å². The summed E-state index contributed by atoms with van der Waals surface area (Å²) in [5, 5.41) is 11.4. The Balaban J connectivity index is 1.56. The van der Waals surface area contributed by atoms with Crippen LogP contribution in [0.5, 0.6) is 0 Å².